The third-order valence-corrected chi connectivity index (χ3v) is 5.32. The Morgan fingerprint density at radius 1 is 1.27 bits per heavy atom. The van der Waals surface area contributed by atoms with Crippen LogP contribution in [-0.4, -0.2) is 44.7 Å². The van der Waals surface area contributed by atoms with Crippen LogP contribution in [0.25, 0.3) is 11.5 Å². The molecule has 7 heteroatoms. The second-order valence-electron chi connectivity index (χ2n) is 7.54. The summed E-state index contributed by atoms with van der Waals surface area (Å²) in [7, 11) is 0. The van der Waals surface area contributed by atoms with Gasteiger partial charge in [-0.25, -0.2) is 4.98 Å². The number of aromatic hydroxyl groups is 1. The molecule has 3 aromatic rings. The van der Waals surface area contributed by atoms with E-state index in [1.807, 2.05) is 37.3 Å². The van der Waals surface area contributed by atoms with Crippen LogP contribution in [-0.2, 0) is 6.54 Å². The molecule has 30 heavy (non-hydrogen) atoms. The molecule has 2 N–H and O–H groups in total. The van der Waals surface area contributed by atoms with Crippen LogP contribution in [0.2, 0.25) is 0 Å². The number of nitrogens with one attached hydrogen (secondary N) is 1. The highest BCUT2D eigenvalue weighted by atomic mass is 16.5. The standard InChI is InChI=1S/C23H26N4O3/c1-2-30-21-12-16(8-9-20(21)28)14-27-11-5-6-17(15-27)19-13-22(29)26-23(25-19)18-7-3-4-10-24-18/h3-4,7-10,12-13,17,28H,2,5-6,11,14-15H2,1H3,(H,25,26,29)/t17-/m1/s1. The van der Waals surface area contributed by atoms with Crippen molar-refractivity contribution in [2.24, 2.45) is 0 Å². The number of H-pyrrole nitrogens is 1. The summed E-state index contributed by atoms with van der Waals surface area (Å²) in [5.41, 5.74) is 2.41. The maximum atomic E-state index is 12.3. The smallest absolute Gasteiger partial charge is 0.251 e. The van der Waals surface area contributed by atoms with E-state index in [4.69, 9.17) is 9.72 Å². The minimum atomic E-state index is -0.155. The zero-order valence-electron chi connectivity index (χ0n) is 17.0. The fraction of sp³-hybridized carbons (Fsp3) is 0.348. The molecule has 1 fully saturated rings. The van der Waals surface area contributed by atoms with Crippen LogP contribution in [0.4, 0.5) is 0 Å². The highest BCUT2D eigenvalue weighted by Crippen LogP contribution is 2.30. The summed E-state index contributed by atoms with van der Waals surface area (Å²) in [6.45, 7) is 4.97. The van der Waals surface area contributed by atoms with Gasteiger partial charge in [0.2, 0.25) is 0 Å². The Morgan fingerprint density at radius 3 is 2.97 bits per heavy atom. The fourth-order valence-electron chi connectivity index (χ4n) is 3.94. The molecule has 1 aliphatic rings. The van der Waals surface area contributed by atoms with E-state index in [-0.39, 0.29) is 17.2 Å². The lowest BCUT2D eigenvalue weighted by atomic mass is 9.94. The van der Waals surface area contributed by atoms with Crippen LogP contribution in [0.5, 0.6) is 11.5 Å². The molecule has 7 nitrogen and oxygen atoms in total. The summed E-state index contributed by atoms with van der Waals surface area (Å²) in [6, 6.07) is 12.7. The fourth-order valence-corrected chi connectivity index (χ4v) is 3.94. The molecule has 0 radical (unpaired) electrons. The quantitative estimate of drug-likeness (QED) is 0.653. The molecule has 0 bridgehead atoms. The Bertz CT molecular complexity index is 1050. The van der Waals surface area contributed by atoms with Crippen molar-refractivity contribution in [3.8, 4) is 23.0 Å². The Balaban J connectivity index is 1.51. The first-order valence-corrected chi connectivity index (χ1v) is 10.3. The average Bonchev–Trinajstić information content (AvgIpc) is 2.77. The van der Waals surface area contributed by atoms with Gasteiger partial charge in [0.25, 0.3) is 5.56 Å². The SMILES string of the molecule is CCOc1cc(CN2CCC[C@@H](c3cc(=O)[nH]c(-c4ccccn4)n3)C2)ccc1O. The zero-order chi connectivity index (χ0) is 20.9. The topological polar surface area (TPSA) is 91.3 Å². The second-order valence-corrected chi connectivity index (χ2v) is 7.54. The number of pyridine rings is 1. The van der Waals surface area contributed by atoms with Gasteiger partial charge in [-0.1, -0.05) is 12.1 Å². The van der Waals surface area contributed by atoms with Crippen molar-refractivity contribution in [2.45, 2.75) is 32.2 Å². The predicted molar refractivity (Wildman–Crippen MR) is 115 cm³/mol. The van der Waals surface area contributed by atoms with E-state index < -0.39 is 0 Å². The van der Waals surface area contributed by atoms with E-state index in [2.05, 4.69) is 14.9 Å². The van der Waals surface area contributed by atoms with Crippen molar-refractivity contribution in [3.63, 3.8) is 0 Å². The maximum Gasteiger partial charge on any atom is 0.251 e. The van der Waals surface area contributed by atoms with E-state index >= 15 is 0 Å². The number of hydrogen-bond donors (Lipinski definition) is 2. The largest absolute Gasteiger partial charge is 0.504 e. The number of benzene rings is 1. The minimum absolute atomic E-state index is 0.155. The van der Waals surface area contributed by atoms with Gasteiger partial charge >= 0.3 is 0 Å². The van der Waals surface area contributed by atoms with Crippen molar-refractivity contribution < 1.29 is 9.84 Å². The highest BCUT2D eigenvalue weighted by Gasteiger charge is 2.24. The van der Waals surface area contributed by atoms with E-state index in [1.54, 1.807) is 18.3 Å². The lowest BCUT2D eigenvalue weighted by molar-refractivity contribution is 0.198. The van der Waals surface area contributed by atoms with Crippen molar-refractivity contribution >= 4 is 0 Å². The Morgan fingerprint density at radius 2 is 2.17 bits per heavy atom. The van der Waals surface area contributed by atoms with E-state index in [0.717, 1.165) is 43.7 Å². The average molecular weight is 406 g/mol. The number of ether oxygens (including phenoxy) is 1. The molecule has 0 saturated carbocycles. The van der Waals surface area contributed by atoms with Gasteiger partial charge in [0.15, 0.2) is 17.3 Å². The molecule has 3 heterocycles. The lowest BCUT2D eigenvalue weighted by Crippen LogP contribution is -2.34. The molecule has 0 aliphatic carbocycles. The van der Waals surface area contributed by atoms with Crippen molar-refractivity contribution in [1.29, 1.82) is 0 Å². The molecule has 1 aromatic carbocycles. The van der Waals surface area contributed by atoms with Crippen molar-refractivity contribution in [3.05, 3.63) is 70.3 Å². The van der Waals surface area contributed by atoms with Gasteiger partial charge in [-0.15, -0.1) is 0 Å². The highest BCUT2D eigenvalue weighted by molar-refractivity contribution is 5.48. The monoisotopic (exact) mass is 406 g/mol. The van der Waals surface area contributed by atoms with Gasteiger partial charge in [0.05, 0.1) is 12.3 Å². The minimum Gasteiger partial charge on any atom is -0.504 e. The first kappa shape index (κ1) is 20.1. The number of likely N-dealkylation sites (tertiary alicyclic amines) is 1. The summed E-state index contributed by atoms with van der Waals surface area (Å²) in [4.78, 5) is 26.4. The molecule has 1 aliphatic heterocycles. The van der Waals surface area contributed by atoms with Crippen LogP contribution < -0.4 is 10.3 Å². The first-order valence-electron chi connectivity index (χ1n) is 10.3. The molecule has 156 valence electrons. The number of phenols is 1. The van der Waals surface area contributed by atoms with Gasteiger partial charge in [-0.05, 0) is 56.1 Å². The number of aromatic amines is 1. The molecular formula is C23H26N4O3. The third kappa shape index (κ3) is 4.68. The van der Waals surface area contributed by atoms with Crippen molar-refractivity contribution in [1.82, 2.24) is 19.9 Å². The molecule has 2 aromatic heterocycles. The summed E-state index contributed by atoms with van der Waals surface area (Å²) in [6.07, 6.45) is 3.72. The molecule has 4 rings (SSSR count). The number of rotatable bonds is 6. The van der Waals surface area contributed by atoms with Gasteiger partial charge in [0.1, 0.15) is 5.69 Å². The third-order valence-electron chi connectivity index (χ3n) is 5.32. The van der Waals surface area contributed by atoms with Gasteiger partial charge in [0, 0.05) is 31.3 Å². The maximum absolute atomic E-state index is 12.3. The predicted octanol–water partition coefficient (Wildman–Crippen LogP) is 3.32. The number of hydrogen-bond acceptors (Lipinski definition) is 6. The lowest BCUT2D eigenvalue weighted by Gasteiger charge is -2.32. The van der Waals surface area contributed by atoms with E-state index in [1.165, 1.54) is 0 Å². The van der Waals surface area contributed by atoms with E-state index in [9.17, 15) is 9.90 Å². The molecule has 0 amide bonds. The van der Waals surface area contributed by atoms with Crippen molar-refractivity contribution in [2.75, 3.05) is 19.7 Å². The summed E-state index contributed by atoms with van der Waals surface area (Å²) in [5.74, 6) is 1.37. The van der Waals surface area contributed by atoms with Gasteiger partial charge < -0.3 is 14.8 Å². The molecule has 1 saturated heterocycles. The number of piperidine rings is 1. The Labute approximate surface area is 175 Å². The Kier molecular flexibility index (Phi) is 6.09. The number of nitrogens with zero attached hydrogens (tertiary/aromatic N) is 3. The van der Waals surface area contributed by atoms with Crippen LogP contribution >= 0.6 is 0 Å². The normalized spacial score (nSPS) is 17.0. The first-order chi connectivity index (χ1) is 14.6. The molecular weight excluding hydrogens is 380 g/mol. The Hall–Kier alpha value is -3.19. The van der Waals surface area contributed by atoms with Crippen LogP contribution in [0.1, 0.15) is 36.9 Å². The number of phenolic OH excluding ortho intramolecular Hbond substituents is 1. The zero-order valence-corrected chi connectivity index (χ0v) is 17.0. The van der Waals surface area contributed by atoms with Gasteiger partial charge in [-0.2, -0.15) is 0 Å². The molecule has 1 atom stereocenters. The van der Waals surface area contributed by atoms with Crippen LogP contribution in [0.3, 0.4) is 0 Å². The molecule has 0 spiro atoms. The van der Waals surface area contributed by atoms with Crippen LogP contribution in [0.15, 0.2) is 53.5 Å². The second kappa shape index (κ2) is 9.09. The number of aromatic nitrogens is 3. The van der Waals surface area contributed by atoms with Crippen LogP contribution in [0, 0.1) is 0 Å². The summed E-state index contributed by atoms with van der Waals surface area (Å²) >= 11 is 0. The van der Waals surface area contributed by atoms with Gasteiger partial charge in [-0.3, -0.25) is 14.7 Å². The molecule has 0 unspecified atom stereocenters. The van der Waals surface area contributed by atoms with E-state index in [0.29, 0.717) is 23.9 Å². The summed E-state index contributed by atoms with van der Waals surface area (Å²) < 4.78 is 5.50. The summed E-state index contributed by atoms with van der Waals surface area (Å²) in [5, 5.41) is 9.92.